The van der Waals surface area contributed by atoms with Crippen LogP contribution in [-0.4, -0.2) is 17.6 Å². The fourth-order valence-electron chi connectivity index (χ4n) is 1.45. The zero-order chi connectivity index (χ0) is 10.8. The van der Waals surface area contributed by atoms with E-state index in [0.717, 1.165) is 0 Å². The minimum atomic E-state index is -0.441. The molecule has 5 nitrogen and oxygen atoms in total. The molecule has 0 radical (unpaired) electrons. The van der Waals surface area contributed by atoms with Crippen LogP contribution in [0.4, 0.5) is 5.69 Å². The number of hydrogen-bond donors (Lipinski definition) is 0. The van der Waals surface area contributed by atoms with Crippen LogP contribution in [0.5, 0.6) is 11.5 Å². The highest BCUT2D eigenvalue weighted by Crippen LogP contribution is 2.38. The van der Waals surface area contributed by atoms with Crippen LogP contribution < -0.4 is 9.47 Å². The van der Waals surface area contributed by atoms with Gasteiger partial charge in [0.1, 0.15) is 0 Å². The van der Waals surface area contributed by atoms with Crippen LogP contribution in [0.25, 0.3) is 0 Å². The summed E-state index contributed by atoms with van der Waals surface area (Å²) in [7, 11) is 0. The fraction of sp³-hybridized carbons (Fsp3) is 0.333. The van der Waals surface area contributed by atoms with E-state index >= 15 is 0 Å². The van der Waals surface area contributed by atoms with E-state index in [9.17, 15) is 10.1 Å². The van der Waals surface area contributed by atoms with Crippen molar-refractivity contribution in [2.24, 2.45) is 0 Å². The van der Waals surface area contributed by atoms with Gasteiger partial charge in [-0.1, -0.05) is 0 Å². The van der Waals surface area contributed by atoms with Crippen LogP contribution in [-0.2, 0) is 6.42 Å². The van der Waals surface area contributed by atoms with Gasteiger partial charge in [-0.15, -0.1) is 11.6 Å². The lowest BCUT2D eigenvalue weighted by Crippen LogP contribution is -1.96. The average Bonchev–Trinajstić information content (AvgIpc) is 2.63. The van der Waals surface area contributed by atoms with Gasteiger partial charge < -0.3 is 9.47 Å². The van der Waals surface area contributed by atoms with Crippen LogP contribution in [0.15, 0.2) is 12.1 Å². The smallest absolute Gasteiger partial charge is 0.276 e. The number of hydrogen-bond acceptors (Lipinski definition) is 4. The molecule has 0 saturated heterocycles. The Morgan fingerprint density at radius 2 is 2.07 bits per heavy atom. The number of aryl methyl sites for hydroxylation is 1. The summed E-state index contributed by atoms with van der Waals surface area (Å²) in [6.45, 7) is 0.108. The van der Waals surface area contributed by atoms with Crippen molar-refractivity contribution in [2.45, 2.75) is 6.42 Å². The summed E-state index contributed by atoms with van der Waals surface area (Å²) in [5, 5.41) is 10.8. The summed E-state index contributed by atoms with van der Waals surface area (Å²) >= 11 is 5.57. The molecule has 0 atom stereocenters. The molecule has 2 rings (SSSR count). The highest BCUT2D eigenvalue weighted by atomic mass is 35.5. The van der Waals surface area contributed by atoms with E-state index in [4.69, 9.17) is 21.1 Å². The monoisotopic (exact) mass is 229 g/mol. The van der Waals surface area contributed by atoms with E-state index in [2.05, 4.69) is 0 Å². The molecule has 0 saturated carbocycles. The number of nitro benzene ring substituents is 1. The van der Waals surface area contributed by atoms with Gasteiger partial charge in [-0.05, 0) is 12.5 Å². The van der Waals surface area contributed by atoms with Gasteiger partial charge >= 0.3 is 0 Å². The molecule has 0 amide bonds. The lowest BCUT2D eigenvalue weighted by atomic mass is 10.1. The van der Waals surface area contributed by atoms with E-state index in [1.165, 1.54) is 6.07 Å². The first kappa shape index (κ1) is 10.0. The number of rotatable bonds is 3. The first-order valence-electron chi connectivity index (χ1n) is 4.35. The lowest BCUT2D eigenvalue weighted by Gasteiger charge is -2.02. The molecular weight excluding hydrogens is 222 g/mol. The molecule has 0 fully saturated rings. The molecule has 1 aliphatic rings. The molecular formula is C9H8ClNO4. The standard InChI is InChI=1S/C9H8ClNO4/c10-2-1-6-3-8-9(15-5-14-8)4-7(6)11(12)13/h3-4H,1-2,5H2. The second-order valence-corrected chi connectivity index (χ2v) is 3.41. The Morgan fingerprint density at radius 1 is 1.40 bits per heavy atom. The zero-order valence-electron chi connectivity index (χ0n) is 7.73. The molecule has 1 aromatic rings. The third-order valence-electron chi connectivity index (χ3n) is 2.13. The van der Waals surface area contributed by atoms with E-state index in [0.29, 0.717) is 29.4 Å². The molecule has 0 bridgehead atoms. The maximum Gasteiger partial charge on any atom is 0.276 e. The van der Waals surface area contributed by atoms with Crippen molar-refractivity contribution in [1.82, 2.24) is 0 Å². The van der Waals surface area contributed by atoms with Crippen molar-refractivity contribution in [2.75, 3.05) is 12.7 Å². The Balaban J connectivity index is 2.47. The quantitative estimate of drug-likeness (QED) is 0.452. The summed E-state index contributed by atoms with van der Waals surface area (Å²) in [6.07, 6.45) is 0.439. The normalized spacial score (nSPS) is 12.9. The lowest BCUT2D eigenvalue weighted by molar-refractivity contribution is -0.385. The Bertz CT molecular complexity index is 407. The molecule has 1 heterocycles. The van der Waals surface area contributed by atoms with Gasteiger partial charge in [0.15, 0.2) is 11.5 Å². The van der Waals surface area contributed by atoms with Crippen LogP contribution >= 0.6 is 11.6 Å². The number of nitro groups is 1. The van der Waals surface area contributed by atoms with Crippen LogP contribution in [0.3, 0.4) is 0 Å². The molecule has 0 N–H and O–H groups in total. The number of fused-ring (bicyclic) bond motifs is 1. The average molecular weight is 230 g/mol. The third-order valence-corrected chi connectivity index (χ3v) is 2.32. The Hall–Kier alpha value is -1.49. The maximum atomic E-state index is 10.8. The third kappa shape index (κ3) is 1.83. The summed E-state index contributed by atoms with van der Waals surface area (Å²) in [4.78, 5) is 10.3. The van der Waals surface area contributed by atoms with Crippen molar-refractivity contribution in [3.05, 3.63) is 27.8 Å². The minimum Gasteiger partial charge on any atom is -0.454 e. The molecule has 15 heavy (non-hydrogen) atoms. The summed E-state index contributed by atoms with van der Waals surface area (Å²) in [5.74, 6) is 1.29. The van der Waals surface area contributed by atoms with Crippen molar-refractivity contribution >= 4 is 17.3 Å². The van der Waals surface area contributed by atoms with Crippen LogP contribution in [0.2, 0.25) is 0 Å². The van der Waals surface area contributed by atoms with Gasteiger partial charge in [0.2, 0.25) is 6.79 Å². The van der Waals surface area contributed by atoms with E-state index < -0.39 is 4.92 Å². The molecule has 6 heteroatoms. The first-order chi connectivity index (χ1) is 7.22. The molecule has 0 unspecified atom stereocenters. The first-order valence-corrected chi connectivity index (χ1v) is 4.88. The molecule has 1 aromatic carbocycles. The Morgan fingerprint density at radius 3 is 2.67 bits per heavy atom. The van der Waals surface area contributed by atoms with Gasteiger partial charge in [0.05, 0.1) is 11.0 Å². The second kappa shape index (κ2) is 3.94. The highest BCUT2D eigenvalue weighted by Gasteiger charge is 2.22. The highest BCUT2D eigenvalue weighted by molar-refractivity contribution is 6.18. The molecule has 0 aliphatic carbocycles. The SMILES string of the molecule is O=[N+]([O-])c1cc2c(cc1CCCl)OCO2. The van der Waals surface area contributed by atoms with E-state index in [-0.39, 0.29) is 12.5 Å². The number of halogens is 1. The molecule has 0 spiro atoms. The number of benzene rings is 1. The topological polar surface area (TPSA) is 61.6 Å². The maximum absolute atomic E-state index is 10.8. The van der Waals surface area contributed by atoms with Crippen molar-refractivity contribution in [3.63, 3.8) is 0 Å². The van der Waals surface area contributed by atoms with Gasteiger partial charge in [0.25, 0.3) is 5.69 Å². The summed E-state index contributed by atoms with van der Waals surface area (Å²) < 4.78 is 10.2. The van der Waals surface area contributed by atoms with Crippen molar-refractivity contribution < 1.29 is 14.4 Å². The number of alkyl halides is 1. The molecule has 1 aliphatic heterocycles. The predicted molar refractivity (Wildman–Crippen MR) is 53.6 cm³/mol. The van der Waals surface area contributed by atoms with E-state index in [1.807, 2.05) is 0 Å². The van der Waals surface area contributed by atoms with Gasteiger partial charge in [-0.2, -0.15) is 0 Å². The summed E-state index contributed by atoms with van der Waals surface area (Å²) in [6, 6.07) is 2.99. The number of nitrogens with zero attached hydrogens (tertiary/aromatic N) is 1. The zero-order valence-corrected chi connectivity index (χ0v) is 8.49. The molecule has 80 valence electrons. The minimum absolute atomic E-state index is 0.0277. The fourth-order valence-corrected chi connectivity index (χ4v) is 1.65. The van der Waals surface area contributed by atoms with Crippen molar-refractivity contribution in [1.29, 1.82) is 0 Å². The Labute approximate surface area is 90.7 Å². The van der Waals surface area contributed by atoms with Crippen LogP contribution in [0.1, 0.15) is 5.56 Å². The van der Waals surface area contributed by atoms with Gasteiger partial charge in [-0.3, -0.25) is 10.1 Å². The number of ether oxygens (including phenoxy) is 2. The van der Waals surface area contributed by atoms with Gasteiger partial charge in [0, 0.05) is 11.4 Å². The van der Waals surface area contributed by atoms with Crippen LogP contribution in [0, 0.1) is 10.1 Å². The molecule has 0 aromatic heterocycles. The Kier molecular flexibility index (Phi) is 2.64. The second-order valence-electron chi connectivity index (χ2n) is 3.03. The summed E-state index contributed by atoms with van der Waals surface area (Å²) in [5.41, 5.74) is 0.596. The largest absolute Gasteiger partial charge is 0.454 e. The van der Waals surface area contributed by atoms with Gasteiger partial charge in [-0.25, -0.2) is 0 Å². The van der Waals surface area contributed by atoms with Crippen molar-refractivity contribution in [3.8, 4) is 11.5 Å². The van der Waals surface area contributed by atoms with E-state index in [1.54, 1.807) is 6.07 Å². The predicted octanol–water partition coefficient (Wildman–Crippen LogP) is 2.10.